The lowest BCUT2D eigenvalue weighted by Gasteiger charge is -2.07. The molecule has 2 aromatic heterocycles. The number of hydrogen-bond donors (Lipinski definition) is 1. The molecule has 0 aromatic carbocycles. The average Bonchev–Trinajstić information content (AvgIpc) is 2.29. The molecular formula is C13H16N4. The molecule has 0 spiro atoms. The van der Waals surface area contributed by atoms with E-state index in [0.29, 0.717) is 6.54 Å². The quantitative estimate of drug-likeness (QED) is 0.867. The summed E-state index contributed by atoms with van der Waals surface area (Å²) in [5.41, 5.74) is 9.61. The summed E-state index contributed by atoms with van der Waals surface area (Å²) in [6, 6.07) is 3.94. The second-order valence-electron chi connectivity index (χ2n) is 4.05. The number of nitrogens with zero attached hydrogens (tertiary/aromatic N) is 3. The van der Waals surface area contributed by atoms with E-state index in [1.165, 1.54) is 0 Å². The molecule has 0 saturated heterocycles. The van der Waals surface area contributed by atoms with E-state index in [4.69, 9.17) is 5.73 Å². The Balaban J connectivity index is 2.48. The third kappa shape index (κ3) is 2.65. The van der Waals surface area contributed by atoms with E-state index in [-0.39, 0.29) is 0 Å². The van der Waals surface area contributed by atoms with Crippen molar-refractivity contribution < 1.29 is 0 Å². The van der Waals surface area contributed by atoms with Crippen LogP contribution in [0, 0.1) is 13.8 Å². The van der Waals surface area contributed by atoms with E-state index in [1.807, 2.05) is 26.0 Å². The maximum atomic E-state index is 5.56. The summed E-state index contributed by atoms with van der Waals surface area (Å²) in [7, 11) is 0. The maximum absolute atomic E-state index is 5.56. The minimum Gasteiger partial charge on any atom is -0.330 e. The van der Waals surface area contributed by atoms with Gasteiger partial charge in [-0.05, 0) is 38.1 Å². The van der Waals surface area contributed by atoms with Crippen LogP contribution in [0.4, 0.5) is 0 Å². The first-order valence-electron chi connectivity index (χ1n) is 5.66. The zero-order valence-electron chi connectivity index (χ0n) is 10.1. The van der Waals surface area contributed by atoms with E-state index in [1.54, 1.807) is 12.4 Å². The number of hydrogen-bond acceptors (Lipinski definition) is 4. The van der Waals surface area contributed by atoms with Crippen LogP contribution >= 0.6 is 0 Å². The van der Waals surface area contributed by atoms with E-state index >= 15 is 0 Å². The zero-order valence-corrected chi connectivity index (χ0v) is 10.1. The SMILES string of the molecule is Cc1cc(CCN)nc(-c2cnccc2C)n1. The van der Waals surface area contributed by atoms with Gasteiger partial charge in [0.15, 0.2) is 5.82 Å². The molecule has 0 bridgehead atoms. The number of nitrogens with two attached hydrogens (primary N) is 1. The second kappa shape index (κ2) is 5.01. The van der Waals surface area contributed by atoms with Crippen LogP contribution in [0.3, 0.4) is 0 Å². The second-order valence-corrected chi connectivity index (χ2v) is 4.05. The van der Waals surface area contributed by atoms with Crippen LogP contribution in [0.15, 0.2) is 24.5 Å². The molecule has 0 amide bonds. The fraction of sp³-hybridized carbons (Fsp3) is 0.308. The van der Waals surface area contributed by atoms with E-state index in [9.17, 15) is 0 Å². The van der Waals surface area contributed by atoms with Crippen LogP contribution in [0.2, 0.25) is 0 Å². The van der Waals surface area contributed by atoms with Crippen molar-refractivity contribution in [2.45, 2.75) is 20.3 Å². The number of aryl methyl sites for hydroxylation is 2. The predicted octanol–water partition coefficient (Wildman–Crippen LogP) is 1.66. The zero-order chi connectivity index (χ0) is 12.3. The van der Waals surface area contributed by atoms with Crippen LogP contribution in [-0.2, 0) is 6.42 Å². The first-order valence-corrected chi connectivity index (χ1v) is 5.66. The summed E-state index contributed by atoms with van der Waals surface area (Å²) in [5, 5.41) is 0. The molecule has 0 aliphatic rings. The molecule has 0 aliphatic heterocycles. The molecule has 0 radical (unpaired) electrons. The topological polar surface area (TPSA) is 64.7 Å². The van der Waals surface area contributed by atoms with Gasteiger partial charge in [-0.2, -0.15) is 0 Å². The molecular weight excluding hydrogens is 212 g/mol. The van der Waals surface area contributed by atoms with Gasteiger partial charge in [-0.3, -0.25) is 4.98 Å². The summed E-state index contributed by atoms with van der Waals surface area (Å²) in [6.45, 7) is 4.60. The van der Waals surface area contributed by atoms with Crippen molar-refractivity contribution in [1.82, 2.24) is 15.0 Å². The predicted molar refractivity (Wildman–Crippen MR) is 67.5 cm³/mol. The first kappa shape index (κ1) is 11.7. The standard InChI is InChI=1S/C13H16N4/c1-9-4-6-15-8-12(9)13-16-10(2)7-11(17-13)3-5-14/h4,6-8H,3,5,14H2,1-2H3. The molecule has 0 fully saturated rings. The fourth-order valence-corrected chi connectivity index (χ4v) is 1.73. The van der Waals surface area contributed by atoms with Gasteiger partial charge in [-0.15, -0.1) is 0 Å². The van der Waals surface area contributed by atoms with Gasteiger partial charge in [-0.25, -0.2) is 9.97 Å². The molecule has 88 valence electrons. The Hall–Kier alpha value is -1.81. The molecule has 0 saturated carbocycles. The lowest BCUT2D eigenvalue weighted by molar-refractivity contribution is 0.904. The highest BCUT2D eigenvalue weighted by atomic mass is 14.9. The van der Waals surface area contributed by atoms with Crippen LogP contribution in [0.25, 0.3) is 11.4 Å². The van der Waals surface area contributed by atoms with Crippen molar-refractivity contribution in [1.29, 1.82) is 0 Å². The molecule has 2 aromatic rings. The highest BCUT2D eigenvalue weighted by Gasteiger charge is 2.07. The van der Waals surface area contributed by atoms with Crippen LogP contribution in [0.1, 0.15) is 17.0 Å². The highest BCUT2D eigenvalue weighted by molar-refractivity contribution is 5.58. The summed E-state index contributed by atoms with van der Waals surface area (Å²) in [6.07, 6.45) is 4.35. The fourth-order valence-electron chi connectivity index (χ4n) is 1.73. The Bertz CT molecular complexity index is 523. The molecule has 4 heteroatoms. The van der Waals surface area contributed by atoms with Gasteiger partial charge in [0.1, 0.15) is 0 Å². The molecule has 2 heterocycles. The van der Waals surface area contributed by atoms with E-state index < -0.39 is 0 Å². The van der Waals surface area contributed by atoms with Gasteiger partial charge in [0.05, 0.1) is 0 Å². The van der Waals surface area contributed by atoms with Crippen molar-refractivity contribution >= 4 is 0 Å². The van der Waals surface area contributed by atoms with Crippen molar-refractivity contribution in [2.75, 3.05) is 6.54 Å². The number of pyridine rings is 1. The van der Waals surface area contributed by atoms with Gasteiger partial charge < -0.3 is 5.73 Å². The molecule has 0 unspecified atom stereocenters. The molecule has 2 rings (SSSR count). The number of aromatic nitrogens is 3. The van der Waals surface area contributed by atoms with Gasteiger partial charge in [0.2, 0.25) is 0 Å². The average molecular weight is 228 g/mol. The van der Waals surface area contributed by atoms with Crippen molar-refractivity contribution in [3.63, 3.8) is 0 Å². The highest BCUT2D eigenvalue weighted by Crippen LogP contribution is 2.18. The Kier molecular flexibility index (Phi) is 3.44. The van der Waals surface area contributed by atoms with Gasteiger partial charge in [-0.1, -0.05) is 0 Å². The summed E-state index contributed by atoms with van der Waals surface area (Å²) in [5.74, 6) is 0.735. The third-order valence-corrected chi connectivity index (χ3v) is 2.59. The van der Waals surface area contributed by atoms with Gasteiger partial charge in [0, 0.05) is 35.8 Å². The Labute approximate surface area is 101 Å². The lowest BCUT2D eigenvalue weighted by Crippen LogP contribution is -2.06. The maximum Gasteiger partial charge on any atom is 0.161 e. The monoisotopic (exact) mass is 228 g/mol. The lowest BCUT2D eigenvalue weighted by atomic mass is 10.1. The normalized spacial score (nSPS) is 10.5. The minimum absolute atomic E-state index is 0.599. The molecule has 0 aliphatic carbocycles. The van der Waals surface area contributed by atoms with Crippen molar-refractivity contribution in [2.24, 2.45) is 5.73 Å². The molecule has 2 N–H and O–H groups in total. The third-order valence-electron chi connectivity index (χ3n) is 2.59. The van der Waals surface area contributed by atoms with Gasteiger partial charge in [0.25, 0.3) is 0 Å². The van der Waals surface area contributed by atoms with Crippen molar-refractivity contribution in [3.05, 3.63) is 41.5 Å². The molecule has 17 heavy (non-hydrogen) atoms. The first-order chi connectivity index (χ1) is 8.20. The van der Waals surface area contributed by atoms with E-state index in [2.05, 4.69) is 15.0 Å². The Morgan fingerprint density at radius 2 is 2.06 bits per heavy atom. The molecule has 4 nitrogen and oxygen atoms in total. The smallest absolute Gasteiger partial charge is 0.161 e. The largest absolute Gasteiger partial charge is 0.330 e. The summed E-state index contributed by atoms with van der Waals surface area (Å²) >= 11 is 0. The van der Waals surface area contributed by atoms with Gasteiger partial charge >= 0.3 is 0 Å². The Morgan fingerprint density at radius 1 is 1.24 bits per heavy atom. The van der Waals surface area contributed by atoms with Crippen LogP contribution < -0.4 is 5.73 Å². The van der Waals surface area contributed by atoms with Crippen molar-refractivity contribution in [3.8, 4) is 11.4 Å². The number of rotatable bonds is 3. The summed E-state index contributed by atoms with van der Waals surface area (Å²) in [4.78, 5) is 13.1. The molecule has 0 atom stereocenters. The van der Waals surface area contributed by atoms with E-state index in [0.717, 1.165) is 34.8 Å². The Morgan fingerprint density at radius 3 is 2.76 bits per heavy atom. The summed E-state index contributed by atoms with van der Waals surface area (Å²) < 4.78 is 0. The minimum atomic E-state index is 0.599. The van der Waals surface area contributed by atoms with Crippen LogP contribution in [0.5, 0.6) is 0 Å². The van der Waals surface area contributed by atoms with Crippen LogP contribution in [-0.4, -0.2) is 21.5 Å².